The molecular weight excluding hydrogens is 316 g/mol. The Morgan fingerprint density at radius 2 is 1.33 bits per heavy atom. The van der Waals surface area contributed by atoms with Gasteiger partial charge in [-0.1, -0.05) is 72.3 Å². The van der Waals surface area contributed by atoms with E-state index in [0.717, 1.165) is 28.7 Å². The Hall–Kier alpha value is -2.51. The van der Waals surface area contributed by atoms with Gasteiger partial charge in [0.1, 0.15) is 5.76 Å². The van der Waals surface area contributed by atoms with Gasteiger partial charge >= 0.3 is 0 Å². The normalized spacial score (nSPS) is 12.5. The van der Waals surface area contributed by atoms with Gasteiger partial charge in [0, 0.05) is 17.0 Å². The van der Waals surface area contributed by atoms with Crippen LogP contribution >= 0.6 is 11.6 Å². The summed E-state index contributed by atoms with van der Waals surface area (Å²) in [5, 5.41) is 11.6. The Bertz CT molecular complexity index is 875. The molecule has 0 spiro atoms. The fourth-order valence-electron chi connectivity index (χ4n) is 3.38. The minimum Gasteiger partial charge on any atom is -0.511 e. The van der Waals surface area contributed by atoms with E-state index >= 15 is 0 Å². The predicted octanol–water partition coefficient (Wildman–Crippen LogP) is 5.80. The average Bonchev–Trinajstić information content (AvgIpc) is 2.61. The molecule has 1 aliphatic rings. The summed E-state index contributed by atoms with van der Waals surface area (Å²) in [6.45, 7) is 0. The first-order valence-electron chi connectivity index (χ1n) is 8.05. The molecule has 4 rings (SSSR count). The SMILES string of the molecule is OC(Cc1ccc(Cl)cc1)=C1c2ccccc2Cc2ccccc21. The molecule has 0 amide bonds. The maximum Gasteiger partial charge on any atom is 0.105 e. The predicted molar refractivity (Wildman–Crippen MR) is 99.5 cm³/mol. The molecule has 0 radical (unpaired) electrons. The van der Waals surface area contributed by atoms with E-state index in [1.165, 1.54) is 11.1 Å². The Kier molecular flexibility index (Phi) is 3.87. The molecule has 0 atom stereocenters. The Labute approximate surface area is 146 Å². The number of hydrogen-bond acceptors (Lipinski definition) is 1. The number of aliphatic hydroxyl groups is 1. The van der Waals surface area contributed by atoms with Crippen LogP contribution in [-0.4, -0.2) is 5.11 Å². The molecular formula is C22H17ClO. The first-order chi connectivity index (χ1) is 11.7. The number of halogens is 1. The van der Waals surface area contributed by atoms with Crippen molar-refractivity contribution >= 4 is 17.2 Å². The minimum absolute atomic E-state index is 0.400. The van der Waals surface area contributed by atoms with Gasteiger partial charge in [-0.05, 0) is 46.4 Å². The summed E-state index contributed by atoms with van der Waals surface area (Å²) in [6, 6.07) is 24.3. The average molecular weight is 333 g/mol. The second-order valence-corrected chi connectivity index (χ2v) is 6.55. The molecule has 0 bridgehead atoms. The number of fused-ring (bicyclic) bond motifs is 2. The summed E-state index contributed by atoms with van der Waals surface area (Å²) >= 11 is 5.96. The van der Waals surface area contributed by atoms with Gasteiger partial charge in [-0.2, -0.15) is 0 Å². The van der Waals surface area contributed by atoms with Crippen LogP contribution in [0.4, 0.5) is 0 Å². The zero-order valence-corrected chi connectivity index (χ0v) is 13.9. The third kappa shape index (κ3) is 2.72. The van der Waals surface area contributed by atoms with Crippen LogP contribution in [0.2, 0.25) is 5.02 Å². The number of aliphatic hydroxyl groups excluding tert-OH is 1. The van der Waals surface area contributed by atoms with Gasteiger partial charge in [-0.15, -0.1) is 0 Å². The minimum atomic E-state index is 0.400. The second kappa shape index (κ2) is 6.18. The number of hydrogen-bond donors (Lipinski definition) is 1. The van der Waals surface area contributed by atoms with Crippen LogP contribution in [-0.2, 0) is 12.8 Å². The first kappa shape index (κ1) is 15.0. The highest BCUT2D eigenvalue weighted by Crippen LogP contribution is 2.37. The fraction of sp³-hybridized carbons (Fsp3) is 0.0909. The number of allylic oxidation sites excluding steroid dienone is 1. The highest BCUT2D eigenvalue weighted by Gasteiger charge is 2.22. The van der Waals surface area contributed by atoms with E-state index in [1.54, 1.807) is 0 Å². The lowest BCUT2D eigenvalue weighted by Gasteiger charge is -2.23. The van der Waals surface area contributed by atoms with Crippen LogP contribution in [0.15, 0.2) is 78.6 Å². The molecule has 1 nitrogen and oxygen atoms in total. The third-order valence-electron chi connectivity index (χ3n) is 4.53. The Morgan fingerprint density at radius 1 is 0.792 bits per heavy atom. The molecule has 0 heterocycles. The van der Waals surface area contributed by atoms with Crippen molar-refractivity contribution < 1.29 is 5.11 Å². The van der Waals surface area contributed by atoms with Crippen molar-refractivity contribution in [2.24, 2.45) is 0 Å². The summed E-state index contributed by atoms with van der Waals surface area (Å²) in [4.78, 5) is 0. The summed E-state index contributed by atoms with van der Waals surface area (Å²) < 4.78 is 0. The Balaban J connectivity index is 1.85. The van der Waals surface area contributed by atoms with E-state index in [0.29, 0.717) is 17.2 Å². The molecule has 3 aromatic carbocycles. The first-order valence-corrected chi connectivity index (χ1v) is 8.43. The third-order valence-corrected chi connectivity index (χ3v) is 4.78. The lowest BCUT2D eigenvalue weighted by atomic mass is 9.81. The van der Waals surface area contributed by atoms with E-state index in [1.807, 2.05) is 36.4 Å². The van der Waals surface area contributed by atoms with E-state index in [2.05, 4.69) is 36.4 Å². The van der Waals surface area contributed by atoms with Gasteiger partial charge in [-0.3, -0.25) is 0 Å². The molecule has 2 heteroatoms. The molecule has 0 saturated heterocycles. The van der Waals surface area contributed by atoms with Crippen molar-refractivity contribution in [3.63, 3.8) is 0 Å². The molecule has 0 aromatic heterocycles. The lowest BCUT2D eigenvalue weighted by molar-refractivity contribution is 0.401. The lowest BCUT2D eigenvalue weighted by Crippen LogP contribution is -2.09. The van der Waals surface area contributed by atoms with Crippen molar-refractivity contribution in [2.45, 2.75) is 12.8 Å². The van der Waals surface area contributed by atoms with Gasteiger partial charge in [0.15, 0.2) is 0 Å². The van der Waals surface area contributed by atoms with Crippen LogP contribution in [0.25, 0.3) is 5.57 Å². The van der Waals surface area contributed by atoms with Crippen LogP contribution in [0.3, 0.4) is 0 Å². The van der Waals surface area contributed by atoms with E-state index < -0.39 is 0 Å². The molecule has 24 heavy (non-hydrogen) atoms. The summed E-state index contributed by atoms with van der Waals surface area (Å²) in [5.74, 6) is 0.400. The fourth-order valence-corrected chi connectivity index (χ4v) is 3.51. The van der Waals surface area contributed by atoms with Crippen LogP contribution in [0.5, 0.6) is 0 Å². The monoisotopic (exact) mass is 332 g/mol. The van der Waals surface area contributed by atoms with Gasteiger partial charge in [0.05, 0.1) is 0 Å². The Morgan fingerprint density at radius 3 is 1.92 bits per heavy atom. The topological polar surface area (TPSA) is 20.2 Å². The van der Waals surface area contributed by atoms with E-state index in [9.17, 15) is 5.11 Å². The summed E-state index contributed by atoms with van der Waals surface area (Å²) in [7, 11) is 0. The quantitative estimate of drug-likeness (QED) is 0.460. The molecule has 0 fully saturated rings. The molecule has 1 aliphatic carbocycles. The molecule has 3 aromatic rings. The standard InChI is InChI=1S/C22H17ClO/c23-18-11-9-15(10-12-18)13-21(24)22-19-7-3-1-5-16(19)14-17-6-2-4-8-20(17)22/h1-12,24H,13-14H2. The zero-order valence-electron chi connectivity index (χ0n) is 13.2. The maximum atomic E-state index is 10.9. The second-order valence-electron chi connectivity index (χ2n) is 6.12. The molecule has 118 valence electrons. The van der Waals surface area contributed by atoms with Crippen molar-refractivity contribution in [3.8, 4) is 0 Å². The molecule has 0 saturated carbocycles. The number of rotatable bonds is 2. The maximum absolute atomic E-state index is 10.9. The van der Waals surface area contributed by atoms with Crippen molar-refractivity contribution in [1.29, 1.82) is 0 Å². The highest BCUT2D eigenvalue weighted by molar-refractivity contribution is 6.30. The van der Waals surface area contributed by atoms with Crippen LogP contribution in [0.1, 0.15) is 27.8 Å². The molecule has 0 unspecified atom stereocenters. The largest absolute Gasteiger partial charge is 0.511 e. The van der Waals surface area contributed by atoms with E-state index in [-0.39, 0.29) is 0 Å². The smallest absolute Gasteiger partial charge is 0.105 e. The number of benzene rings is 3. The van der Waals surface area contributed by atoms with Gasteiger partial charge in [-0.25, -0.2) is 0 Å². The van der Waals surface area contributed by atoms with Crippen LogP contribution < -0.4 is 0 Å². The summed E-state index contributed by atoms with van der Waals surface area (Å²) in [6.07, 6.45) is 1.40. The molecule has 0 aliphatic heterocycles. The van der Waals surface area contributed by atoms with Crippen molar-refractivity contribution in [3.05, 3.63) is 111 Å². The zero-order chi connectivity index (χ0) is 16.5. The highest BCUT2D eigenvalue weighted by atomic mass is 35.5. The van der Waals surface area contributed by atoms with Gasteiger partial charge < -0.3 is 5.11 Å². The van der Waals surface area contributed by atoms with Gasteiger partial charge in [0.2, 0.25) is 0 Å². The van der Waals surface area contributed by atoms with Crippen molar-refractivity contribution in [2.75, 3.05) is 0 Å². The summed E-state index contributed by atoms with van der Waals surface area (Å²) in [5.41, 5.74) is 6.76. The van der Waals surface area contributed by atoms with Crippen molar-refractivity contribution in [1.82, 2.24) is 0 Å². The molecule has 1 N–H and O–H groups in total. The van der Waals surface area contributed by atoms with Gasteiger partial charge in [0.25, 0.3) is 0 Å². The van der Waals surface area contributed by atoms with E-state index in [4.69, 9.17) is 11.6 Å². The van der Waals surface area contributed by atoms with Crippen LogP contribution in [0, 0.1) is 0 Å².